The minimum atomic E-state index is -0.537. The van der Waals surface area contributed by atoms with Gasteiger partial charge in [0.15, 0.2) is 5.78 Å². The number of amides is 1. The van der Waals surface area contributed by atoms with Crippen LogP contribution in [0.2, 0.25) is 0 Å². The lowest BCUT2D eigenvalue weighted by atomic mass is 9.91. The Labute approximate surface area is 110 Å². The molecule has 4 heteroatoms. The molecule has 0 radical (unpaired) electrons. The maximum absolute atomic E-state index is 12.4. The molecule has 0 N–H and O–H groups in total. The van der Waals surface area contributed by atoms with Crippen LogP contribution in [-0.2, 0) is 9.59 Å². The van der Waals surface area contributed by atoms with Crippen LogP contribution in [0, 0.1) is 0 Å². The van der Waals surface area contributed by atoms with Crippen molar-refractivity contribution in [3.8, 4) is 0 Å². The van der Waals surface area contributed by atoms with Crippen LogP contribution < -0.4 is 0 Å². The molecule has 1 aliphatic carbocycles. The van der Waals surface area contributed by atoms with Crippen molar-refractivity contribution >= 4 is 23.2 Å². The van der Waals surface area contributed by atoms with Gasteiger partial charge in [0.2, 0.25) is 0 Å². The van der Waals surface area contributed by atoms with Crippen LogP contribution in [0.3, 0.4) is 0 Å². The van der Waals surface area contributed by atoms with E-state index in [9.17, 15) is 14.4 Å². The summed E-state index contributed by atoms with van der Waals surface area (Å²) < 4.78 is 0. The van der Waals surface area contributed by atoms with Crippen LogP contribution in [0.4, 0.5) is 0 Å². The lowest BCUT2D eigenvalue weighted by Crippen LogP contribution is -2.44. The zero-order valence-corrected chi connectivity index (χ0v) is 10.4. The van der Waals surface area contributed by atoms with Crippen molar-refractivity contribution < 1.29 is 14.4 Å². The summed E-state index contributed by atoms with van der Waals surface area (Å²) in [6.07, 6.45) is 0.679. The van der Waals surface area contributed by atoms with Crippen LogP contribution in [0.15, 0.2) is 30.8 Å². The molecule has 1 atom stereocenters. The summed E-state index contributed by atoms with van der Waals surface area (Å²) in [5, 5.41) is 0. The normalized spacial score (nSPS) is 22.9. The molecule has 1 aliphatic heterocycles. The lowest BCUT2D eigenvalue weighted by Gasteiger charge is -2.29. The highest BCUT2D eigenvalue weighted by molar-refractivity contribution is 6.13. The van der Waals surface area contributed by atoms with E-state index in [0.717, 1.165) is 5.56 Å². The van der Waals surface area contributed by atoms with Gasteiger partial charge < -0.3 is 0 Å². The van der Waals surface area contributed by atoms with Gasteiger partial charge >= 0.3 is 0 Å². The Morgan fingerprint density at radius 2 is 1.79 bits per heavy atom. The van der Waals surface area contributed by atoms with Gasteiger partial charge in [-0.05, 0) is 12.5 Å². The molecule has 96 valence electrons. The summed E-state index contributed by atoms with van der Waals surface area (Å²) in [5.41, 5.74) is 1.92. The molecular weight excluding hydrogens is 242 g/mol. The second-order valence-electron chi connectivity index (χ2n) is 4.90. The molecule has 4 nitrogen and oxygen atoms in total. The highest BCUT2D eigenvalue weighted by Crippen LogP contribution is 2.35. The largest absolute Gasteiger partial charge is 0.299 e. The quantitative estimate of drug-likeness (QED) is 0.719. The fourth-order valence-corrected chi connectivity index (χ4v) is 2.77. The number of hydrogen-bond acceptors (Lipinski definition) is 3. The van der Waals surface area contributed by atoms with E-state index < -0.39 is 6.04 Å². The maximum atomic E-state index is 12.4. The van der Waals surface area contributed by atoms with Crippen LogP contribution in [-0.4, -0.2) is 28.4 Å². The molecular formula is C15H13NO3. The number of rotatable bonds is 1. The topological polar surface area (TPSA) is 54.5 Å². The van der Waals surface area contributed by atoms with Crippen LogP contribution in [0.5, 0.6) is 0 Å². The Bertz CT molecular complexity index is 583. The van der Waals surface area contributed by atoms with E-state index in [1.165, 1.54) is 4.90 Å². The average molecular weight is 255 g/mol. The summed E-state index contributed by atoms with van der Waals surface area (Å²) in [7, 11) is 0. The SMILES string of the molecule is C=C1c2ccccc2C(=O)N1C1CCC(=O)CC1=O. The Hall–Kier alpha value is -2.23. The number of ketones is 2. The van der Waals surface area contributed by atoms with E-state index in [2.05, 4.69) is 6.58 Å². The van der Waals surface area contributed by atoms with Gasteiger partial charge in [-0.15, -0.1) is 0 Å². The fraction of sp³-hybridized carbons (Fsp3) is 0.267. The summed E-state index contributed by atoms with van der Waals surface area (Å²) in [4.78, 5) is 37.1. The van der Waals surface area contributed by atoms with Gasteiger partial charge in [0.25, 0.3) is 5.91 Å². The monoisotopic (exact) mass is 255 g/mol. The van der Waals surface area contributed by atoms with Gasteiger partial charge in [-0.1, -0.05) is 24.8 Å². The van der Waals surface area contributed by atoms with E-state index in [4.69, 9.17) is 0 Å². The molecule has 0 aromatic heterocycles. The maximum Gasteiger partial charge on any atom is 0.259 e. The van der Waals surface area contributed by atoms with Gasteiger partial charge in [-0.25, -0.2) is 0 Å². The number of benzene rings is 1. The van der Waals surface area contributed by atoms with Gasteiger partial charge in [-0.2, -0.15) is 0 Å². The zero-order valence-electron chi connectivity index (χ0n) is 10.4. The molecule has 1 fully saturated rings. The molecule has 1 saturated carbocycles. The van der Waals surface area contributed by atoms with Crippen molar-refractivity contribution in [1.29, 1.82) is 0 Å². The minimum absolute atomic E-state index is 0.0453. The Kier molecular flexibility index (Phi) is 2.59. The third-order valence-electron chi connectivity index (χ3n) is 3.73. The molecule has 3 rings (SSSR count). The highest BCUT2D eigenvalue weighted by atomic mass is 16.2. The molecule has 1 amide bonds. The summed E-state index contributed by atoms with van der Waals surface area (Å²) in [6.45, 7) is 3.92. The Balaban J connectivity index is 1.96. The first-order valence-electron chi connectivity index (χ1n) is 6.26. The van der Waals surface area contributed by atoms with Crippen molar-refractivity contribution in [2.24, 2.45) is 0 Å². The standard InChI is InChI=1S/C15H13NO3/c1-9-11-4-2-3-5-12(11)15(19)16(9)13-7-6-10(17)8-14(13)18/h2-5,13H,1,6-8H2. The summed E-state index contributed by atoms with van der Waals surface area (Å²) in [5.74, 6) is -0.414. The van der Waals surface area contributed by atoms with Crippen LogP contribution >= 0.6 is 0 Å². The highest BCUT2D eigenvalue weighted by Gasteiger charge is 2.40. The summed E-state index contributed by atoms with van der Waals surface area (Å²) >= 11 is 0. The Morgan fingerprint density at radius 3 is 2.42 bits per heavy atom. The van der Waals surface area contributed by atoms with Crippen molar-refractivity contribution in [2.75, 3.05) is 0 Å². The molecule has 1 heterocycles. The molecule has 1 aromatic carbocycles. The number of Topliss-reactive ketones (excluding diaryl/α,β-unsaturated/α-hetero) is 2. The molecule has 1 aromatic rings. The molecule has 0 spiro atoms. The number of nitrogens with zero attached hydrogens (tertiary/aromatic N) is 1. The minimum Gasteiger partial charge on any atom is -0.299 e. The number of hydrogen-bond donors (Lipinski definition) is 0. The second kappa shape index (κ2) is 4.16. The zero-order chi connectivity index (χ0) is 13.6. The number of carbonyl (C=O) groups is 3. The third-order valence-corrected chi connectivity index (χ3v) is 3.73. The Morgan fingerprint density at radius 1 is 1.11 bits per heavy atom. The fourth-order valence-electron chi connectivity index (χ4n) is 2.77. The van der Waals surface area contributed by atoms with Crippen LogP contribution in [0.25, 0.3) is 5.70 Å². The van der Waals surface area contributed by atoms with E-state index >= 15 is 0 Å². The van der Waals surface area contributed by atoms with E-state index in [1.54, 1.807) is 12.1 Å². The van der Waals surface area contributed by atoms with E-state index in [0.29, 0.717) is 24.1 Å². The van der Waals surface area contributed by atoms with Crippen molar-refractivity contribution in [3.63, 3.8) is 0 Å². The van der Waals surface area contributed by atoms with Crippen molar-refractivity contribution in [3.05, 3.63) is 42.0 Å². The predicted molar refractivity (Wildman–Crippen MR) is 69.3 cm³/mol. The van der Waals surface area contributed by atoms with Gasteiger partial charge in [-0.3, -0.25) is 19.3 Å². The molecule has 0 saturated heterocycles. The van der Waals surface area contributed by atoms with E-state index in [1.807, 2.05) is 12.1 Å². The molecule has 2 aliphatic rings. The second-order valence-corrected chi connectivity index (χ2v) is 4.90. The predicted octanol–water partition coefficient (Wildman–Crippen LogP) is 1.80. The van der Waals surface area contributed by atoms with Gasteiger partial charge in [0.1, 0.15) is 5.78 Å². The first-order chi connectivity index (χ1) is 9.09. The number of carbonyl (C=O) groups excluding carboxylic acids is 3. The van der Waals surface area contributed by atoms with Gasteiger partial charge in [0, 0.05) is 23.2 Å². The molecule has 0 bridgehead atoms. The number of fused-ring (bicyclic) bond motifs is 1. The van der Waals surface area contributed by atoms with Crippen molar-refractivity contribution in [1.82, 2.24) is 4.90 Å². The average Bonchev–Trinajstić information content (AvgIpc) is 2.64. The lowest BCUT2D eigenvalue weighted by molar-refractivity contribution is -0.132. The van der Waals surface area contributed by atoms with Gasteiger partial charge in [0.05, 0.1) is 12.5 Å². The van der Waals surface area contributed by atoms with Crippen molar-refractivity contribution in [2.45, 2.75) is 25.3 Å². The first kappa shape index (κ1) is 11.8. The first-order valence-corrected chi connectivity index (χ1v) is 6.26. The van der Waals surface area contributed by atoms with E-state index in [-0.39, 0.29) is 23.9 Å². The summed E-state index contributed by atoms with van der Waals surface area (Å²) in [6, 6.07) is 6.66. The van der Waals surface area contributed by atoms with Crippen LogP contribution in [0.1, 0.15) is 35.2 Å². The molecule has 1 unspecified atom stereocenters. The molecule has 19 heavy (non-hydrogen) atoms. The third kappa shape index (κ3) is 1.71. The smallest absolute Gasteiger partial charge is 0.259 e.